The van der Waals surface area contributed by atoms with Crippen molar-refractivity contribution in [2.75, 3.05) is 19.8 Å². The highest BCUT2D eigenvalue weighted by Gasteiger charge is 2.25. The van der Waals surface area contributed by atoms with E-state index < -0.39 is 0 Å². The predicted molar refractivity (Wildman–Crippen MR) is 134 cm³/mol. The van der Waals surface area contributed by atoms with Gasteiger partial charge in [-0.3, -0.25) is 4.79 Å². The Hall–Kier alpha value is -1.47. The Kier molecular flexibility index (Phi) is 17.4. The van der Waals surface area contributed by atoms with Crippen LogP contribution in [0.4, 0.5) is 0 Å². The molecule has 0 radical (unpaired) electrons. The van der Waals surface area contributed by atoms with Gasteiger partial charge in [0.1, 0.15) is 0 Å². The average Bonchev–Trinajstić information content (AvgIpc) is 3.11. The molecule has 0 aliphatic carbocycles. The normalized spacial score (nSPS) is 11.6. The average molecular weight is 457 g/mol. The fourth-order valence-corrected chi connectivity index (χ4v) is 2.76. The first-order valence-corrected chi connectivity index (χ1v) is 12.3. The molecule has 0 fully saturated rings. The van der Waals surface area contributed by atoms with E-state index >= 15 is 0 Å². The zero-order chi connectivity index (χ0) is 25.4. The number of rotatable bonds is 12. The van der Waals surface area contributed by atoms with Crippen molar-refractivity contribution in [3.63, 3.8) is 0 Å². The summed E-state index contributed by atoms with van der Waals surface area (Å²) in [6.45, 7) is 24.3. The molecule has 7 nitrogen and oxygen atoms in total. The van der Waals surface area contributed by atoms with Gasteiger partial charge >= 0.3 is 0 Å². The molecule has 32 heavy (non-hydrogen) atoms. The van der Waals surface area contributed by atoms with Gasteiger partial charge in [-0.1, -0.05) is 46.8 Å². The Morgan fingerprint density at radius 1 is 1.16 bits per heavy atom. The molecule has 0 spiro atoms. The van der Waals surface area contributed by atoms with Crippen molar-refractivity contribution >= 4 is 5.91 Å². The van der Waals surface area contributed by atoms with Gasteiger partial charge in [0.15, 0.2) is 0 Å². The number of carbonyl (C=O) groups is 1. The molecule has 0 aromatic carbocycles. The Bertz CT molecular complexity index is 596. The first-order chi connectivity index (χ1) is 14.8. The summed E-state index contributed by atoms with van der Waals surface area (Å²) >= 11 is 0. The van der Waals surface area contributed by atoms with Crippen molar-refractivity contribution in [2.24, 2.45) is 11.8 Å². The predicted octanol–water partition coefficient (Wildman–Crippen LogP) is 4.97. The lowest BCUT2D eigenvalue weighted by Crippen LogP contribution is -2.29. The smallest absolute Gasteiger partial charge is 0.220 e. The summed E-state index contributed by atoms with van der Waals surface area (Å²) in [7, 11) is 0. The first kappa shape index (κ1) is 32.7. The molecule has 0 bridgehead atoms. The lowest BCUT2D eigenvalue weighted by molar-refractivity contribution is -0.121. The minimum absolute atomic E-state index is 0.145. The number of hydrogen-bond acceptors (Lipinski definition) is 5. The summed E-state index contributed by atoms with van der Waals surface area (Å²) in [4.78, 5) is 10.7. The SMILES string of the molecule is CC.CC(C)CCOC(C)(C)Cc1cn(C(C)(C)CCO)nn1.CCNC(=O)CC(C)C. The number of aliphatic hydroxyl groups is 1. The topological polar surface area (TPSA) is 89.3 Å². The van der Waals surface area contributed by atoms with Gasteiger partial charge in [-0.25, -0.2) is 4.68 Å². The molecular formula is C25H52N4O3. The van der Waals surface area contributed by atoms with Gasteiger partial charge in [0.2, 0.25) is 5.91 Å². The highest BCUT2D eigenvalue weighted by molar-refractivity contribution is 5.75. The summed E-state index contributed by atoms with van der Waals surface area (Å²) < 4.78 is 7.81. The maximum absolute atomic E-state index is 10.7. The Morgan fingerprint density at radius 2 is 1.75 bits per heavy atom. The fourth-order valence-electron chi connectivity index (χ4n) is 2.76. The molecule has 1 aromatic heterocycles. The van der Waals surface area contributed by atoms with E-state index in [4.69, 9.17) is 9.84 Å². The number of hydrogen-bond donors (Lipinski definition) is 2. The summed E-state index contributed by atoms with van der Waals surface area (Å²) in [6.07, 6.45) is 5.07. The van der Waals surface area contributed by atoms with Crippen molar-refractivity contribution in [1.82, 2.24) is 20.3 Å². The van der Waals surface area contributed by atoms with Crippen molar-refractivity contribution in [1.29, 1.82) is 0 Å². The molecular weight excluding hydrogens is 404 g/mol. The third-order valence-electron chi connectivity index (χ3n) is 4.65. The van der Waals surface area contributed by atoms with E-state index in [1.807, 2.05) is 59.3 Å². The van der Waals surface area contributed by atoms with E-state index in [9.17, 15) is 4.79 Å². The van der Waals surface area contributed by atoms with Crippen molar-refractivity contribution in [3.8, 4) is 0 Å². The molecule has 190 valence electrons. The highest BCUT2D eigenvalue weighted by Crippen LogP contribution is 2.21. The second-order valence-corrected chi connectivity index (χ2v) is 9.96. The number of amides is 1. The number of nitrogens with one attached hydrogen (secondary N) is 1. The molecule has 0 aliphatic rings. The van der Waals surface area contributed by atoms with Gasteiger partial charge in [0.05, 0.1) is 16.8 Å². The van der Waals surface area contributed by atoms with Crippen LogP contribution in [0.1, 0.15) is 101 Å². The molecule has 0 atom stereocenters. The molecule has 1 amide bonds. The van der Waals surface area contributed by atoms with Crippen LogP contribution in [0.2, 0.25) is 0 Å². The number of aliphatic hydroxyl groups excluding tert-OH is 1. The van der Waals surface area contributed by atoms with Crippen molar-refractivity contribution < 1.29 is 14.6 Å². The van der Waals surface area contributed by atoms with Crippen LogP contribution in [0.15, 0.2) is 6.20 Å². The summed E-state index contributed by atoms with van der Waals surface area (Å²) in [6, 6.07) is 0. The van der Waals surface area contributed by atoms with Crippen LogP contribution in [-0.2, 0) is 21.5 Å². The molecule has 1 heterocycles. The second-order valence-electron chi connectivity index (χ2n) is 9.96. The molecule has 1 aromatic rings. The number of carbonyl (C=O) groups excluding carboxylic acids is 1. The van der Waals surface area contributed by atoms with Crippen LogP contribution >= 0.6 is 0 Å². The van der Waals surface area contributed by atoms with Gasteiger partial charge in [-0.15, -0.1) is 5.10 Å². The molecule has 0 aliphatic heterocycles. The molecule has 0 saturated carbocycles. The first-order valence-electron chi connectivity index (χ1n) is 12.3. The molecule has 0 unspecified atom stereocenters. The molecule has 0 saturated heterocycles. The van der Waals surface area contributed by atoms with Crippen LogP contribution in [0.5, 0.6) is 0 Å². The third-order valence-corrected chi connectivity index (χ3v) is 4.65. The van der Waals surface area contributed by atoms with E-state index in [1.165, 1.54) is 0 Å². The van der Waals surface area contributed by atoms with Crippen LogP contribution in [0.3, 0.4) is 0 Å². The standard InChI is InChI=1S/C16H31N3O2.C7H15NO.C2H6/c1-13(2)7-10-21-16(5,6)11-14-12-19(18-17-14)15(3,4)8-9-20;1-4-8-7(9)5-6(2)3;1-2/h12-13,20H,7-11H2,1-6H3;6H,4-5H2,1-3H3,(H,8,9);1-2H3. The number of nitrogens with zero attached hydrogens (tertiary/aromatic N) is 3. The zero-order valence-corrected chi connectivity index (χ0v) is 22.8. The summed E-state index contributed by atoms with van der Waals surface area (Å²) in [5.74, 6) is 1.28. The lowest BCUT2D eigenvalue weighted by Gasteiger charge is -2.25. The largest absolute Gasteiger partial charge is 0.396 e. The summed E-state index contributed by atoms with van der Waals surface area (Å²) in [5, 5.41) is 20.3. The molecule has 2 N–H and O–H groups in total. The van der Waals surface area contributed by atoms with Crippen LogP contribution in [0, 0.1) is 11.8 Å². The quantitative estimate of drug-likeness (QED) is 0.463. The third kappa shape index (κ3) is 16.2. The van der Waals surface area contributed by atoms with Gasteiger partial charge in [-0.2, -0.15) is 0 Å². The van der Waals surface area contributed by atoms with Crippen molar-refractivity contribution in [3.05, 3.63) is 11.9 Å². The fraction of sp³-hybridized carbons (Fsp3) is 0.880. The van der Waals surface area contributed by atoms with Gasteiger partial charge in [-0.05, 0) is 59.3 Å². The van der Waals surface area contributed by atoms with Gasteiger partial charge in [0.25, 0.3) is 0 Å². The molecule has 1 rings (SSSR count). The van der Waals surface area contributed by atoms with E-state index in [-0.39, 0.29) is 23.7 Å². The van der Waals surface area contributed by atoms with Gasteiger partial charge in [0, 0.05) is 38.8 Å². The minimum Gasteiger partial charge on any atom is -0.396 e. The highest BCUT2D eigenvalue weighted by atomic mass is 16.5. The van der Waals surface area contributed by atoms with Crippen LogP contribution < -0.4 is 5.32 Å². The Balaban J connectivity index is 0. The number of aromatic nitrogens is 3. The maximum atomic E-state index is 10.7. The van der Waals surface area contributed by atoms with E-state index in [1.54, 1.807) is 0 Å². The monoisotopic (exact) mass is 456 g/mol. The molecule has 7 heteroatoms. The minimum atomic E-state index is -0.239. The van der Waals surface area contributed by atoms with E-state index in [2.05, 4.69) is 43.3 Å². The van der Waals surface area contributed by atoms with Crippen LogP contribution in [0.25, 0.3) is 0 Å². The van der Waals surface area contributed by atoms with Crippen LogP contribution in [-0.4, -0.2) is 51.4 Å². The van der Waals surface area contributed by atoms with Gasteiger partial charge < -0.3 is 15.2 Å². The Morgan fingerprint density at radius 3 is 2.22 bits per heavy atom. The summed E-state index contributed by atoms with van der Waals surface area (Å²) in [5.41, 5.74) is 0.468. The van der Waals surface area contributed by atoms with E-state index in [0.29, 0.717) is 24.7 Å². The van der Waals surface area contributed by atoms with Crippen molar-refractivity contribution in [2.45, 2.75) is 113 Å². The van der Waals surface area contributed by atoms with E-state index in [0.717, 1.165) is 31.7 Å². The lowest BCUT2D eigenvalue weighted by atomic mass is 10.0. The maximum Gasteiger partial charge on any atom is 0.220 e. The number of ether oxygens (including phenoxy) is 1. The Labute approximate surface area is 197 Å². The second kappa shape index (κ2) is 17.1. The zero-order valence-electron chi connectivity index (χ0n) is 22.8.